The first-order valence-corrected chi connectivity index (χ1v) is 3.87. The normalized spacial score (nSPS) is 12.6. The predicted molar refractivity (Wildman–Crippen MR) is 52.5 cm³/mol. The average molecular weight is 230 g/mol. The Bertz CT molecular complexity index is 254. The van der Waals surface area contributed by atoms with E-state index in [2.05, 4.69) is 27.5 Å². The lowest BCUT2D eigenvalue weighted by Gasteiger charge is -1.83. The summed E-state index contributed by atoms with van der Waals surface area (Å²) in [6.45, 7) is 3.37. The fraction of sp³-hybridized carbons (Fsp3) is 0. The molecule has 3 nitrogen and oxygen atoms in total. The Morgan fingerprint density at radius 3 is 2.75 bits per heavy atom. The molecule has 0 saturated heterocycles. The van der Waals surface area contributed by atoms with Gasteiger partial charge in [0.2, 0.25) is 0 Å². The molecule has 0 saturated carbocycles. The lowest BCUT2D eigenvalue weighted by molar-refractivity contribution is -0.131. The third kappa shape index (κ3) is 6.95. The van der Waals surface area contributed by atoms with Crippen molar-refractivity contribution in [3.63, 3.8) is 0 Å². The number of carboxylic acid groups (broad SMARTS) is 1. The maximum absolute atomic E-state index is 10.1. The van der Waals surface area contributed by atoms with E-state index in [1.165, 1.54) is 12.4 Å². The van der Waals surface area contributed by atoms with E-state index in [-0.39, 0.29) is 0 Å². The van der Waals surface area contributed by atoms with Gasteiger partial charge in [-0.25, -0.2) is 4.79 Å². The number of carbonyl (C=O) groups is 1. The zero-order valence-corrected chi connectivity index (χ0v) is 7.86. The third-order valence-corrected chi connectivity index (χ3v) is 1.29. The maximum Gasteiger partial charge on any atom is 0.329 e. The molecule has 0 aromatic carbocycles. The Morgan fingerprint density at radius 1 is 1.58 bits per heavy atom. The van der Waals surface area contributed by atoms with Gasteiger partial charge in [-0.1, -0.05) is 22.5 Å². The third-order valence-electron chi connectivity index (χ3n) is 0.794. The van der Waals surface area contributed by atoms with E-state index in [1.54, 1.807) is 12.2 Å². The maximum atomic E-state index is 10.1. The number of aliphatic imine (C=N–C) groups is 1. The predicted octanol–water partition coefficient (Wildman–Crippen LogP) is 2.12. The summed E-state index contributed by atoms with van der Waals surface area (Å²) in [6, 6.07) is 0. The van der Waals surface area contributed by atoms with Crippen LogP contribution in [0.2, 0.25) is 0 Å². The molecule has 0 aliphatic carbocycles. The van der Waals surface area contributed by atoms with Crippen molar-refractivity contribution in [2.24, 2.45) is 4.99 Å². The number of carboxylic acids is 1. The quantitative estimate of drug-likeness (QED) is 0.456. The second kappa shape index (κ2) is 6.54. The molecule has 0 aliphatic rings. The highest BCUT2D eigenvalue weighted by Crippen LogP contribution is 2.04. The number of aliphatic carboxylic acids is 1. The fourth-order valence-electron chi connectivity index (χ4n) is 0.412. The van der Waals surface area contributed by atoms with Crippen LogP contribution in [-0.2, 0) is 4.79 Å². The van der Waals surface area contributed by atoms with Crippen LogP contribution in [0.3, 0.4) is 0 Å². The zero-order valence-electron chi connectivity index (χ0n) is 6.27. The molecule has 0 aliphatic heterocycles. The van der Waals surface area contributed by atoms with Crippen molar-refractivity contribution >= 4 is 28.1 Å². The van der Waals surface area contributed by atoms with E-state index < -0.39 is 5.97 Å². The van der Waals surface area contributed by atoms with Crippen LogP contribution in [0, 0.1) is 0 Å². The van der Waals surface area contributed by atoms with E-state index in [0.29, 0.717) is 4.48 Å². The van der Waals surface area contributed by atoms with Gasteiger partial charge in [-0.2, -0.15) is 0 Å². The fourth-order valence-corrected chi connectivity index (χ4v) is 0.760. The molecule has 0 amide bonds. The SMILES string of the molecule is C=C/N=C/C=C\C(Br)=C\C(=O)O. The van der Waals surface area contributed by atoms with E-state index in [4.69, 9.17) is 5.11 Å². The summed E-state index contributed by atoms with van der Waals surface area (Å²) in [5.41, 5.74) is 0. The average Bonchev–Trinajstić information content (AvgIpc) is 1.97. The second-order valence-corrected chi connectivity index (χ2v) is 2.62. The molecule has 0 aromatic heterocycles. The Balaban J connectivity index is 4.07. The molecule has 0 heterocycles. The molecule has 0 spiro atoms. The van der Waals surface area contributed by atoms with E-state index >= 15 is 0 Å². The van der Waals surface area contributed by atoms with Crippen molar-refractivity contribution in [3.05, 3.63) is 35.5 Å². The zero-order chi connectivity index (χ0) is 9.40. The summed E-state index contributed by atoms with van der Waals surface area (Å²) in [6.07, 6.45) is 7.10. The molecule has 0 rings (SSSR count). The minimum atomic E-state index is -0.993. The molecule has 0 radical (unpaired) electrons. The number of hydrogen-bond acceptors (Lipinski definition) is 2. The molecule has 4 heteroatoms. The Morgan fingerprint density at radius 2 is 2.25 bits per heavy atom. The highest BCUT2D eigenvalue weighted by atomic mass is 79.9. The molecule has 0 atom stereocenters. The second-order valence-electron chi connectivity index (χ2n) is 1.71. The Labute approximate surface area is 78.9 Å². The number of nitrogens with zero attached hydrogens (tertiary/aromatic N) is 1. The first-order chi connectivity index (χ1) is 5.66. The van der Waals surface area contributed by atoms with Gasteiger partial charge >= 0.3 is 5.97 Å². The molecule has 0 fully saturated rings. The van der Waals surface area contributed by atoms with Gasteiger partial charge in [-0.05, 0) is 12.2 Å². The van der Waals surface area contributed by atoms with Gasteiger partial charge in [0.15, 0.2) is 0 Å². The molecule has 0 bridgehead atoms. The Kier molecular flexibility index (Phi) is 5.91. The van der Waals surface area contributed by atoms with Gasteiger partial charge in [0, 0.05) is 23.0 Å². The van der Waals surface area contributed by atoms with E-state index in [9.17, 15) is 4.79 Å². The molecule has 12 heavy (non-hydrogen) atoms. The lowest BCUT2D eigenvalue weighted by Crippen LogP contribution is -1.86. The number of rotatable bonds is 4. The Hall–Kier alpha value is -1.16. The highest BCUT2D eigenvalue weighted by molar-refractivity contribution is 9.11. The summed E-state index contributed by atoms with van der Waals surface area (Å²) < 4.78 is 0.477. The number of halogens is 1. The van der Waals surface area contributed by atoms with Crippen molar-refractivity contribution in [2.45, 2.75) is 0 Å². The van der Waals surface area contributed by atoms with Gasteiger partial charge in [0.25, 0.3) is 0 Å². The molecule has 1 N–H and O–H groups in total. The number of allylic oxidation sites excluding steroid dienone is 3. The van der Waals surface area contributed by atoms with Crippen LogP contribution in [0.4, 0.5) is 0 Å². The standard InChI is InChI=1S/C8H8BrNO2/c1-2-10-5-3-4-7(9)6-8(11)12/h2-6H,1H2,(H,11,12)/b4-3-,7-6-,10-5+. The summed E-state index contributed by atoms with van der Waals surface area (Å²) in [5, 5.41) is 8.30. The van der Waals surface area contributed by atoms with E-state index in [1.807, 2.05) is 0 Å². The minimum absolute atomic E-state index is 0.477. The van der Waals surface area contributed by atoms with Gasteiger partial charge in [-0.15, -0.1) is 0 Å². The van der Waals surface area contributed by atoms with Crippen molar-refractivity contribution in [3.8, 4) is 0 Å². The summed E-state index contributed by atoms with van der Waals surface area (Å²) in [4.78, 5) is 13.8. The van der Waals surface area contributed by atoms with Crippen molar-refractivity contribution < 1.29 is 9.90 Å². The van der Waals surface area contributed by atoms with Gasteiger partial charge in [0.1, 0.15) is 0 Å². The molecular weight excluding hydrogens is 222 g/mol. The van der Waals surface area contributed by atoms with Crippen LogP contribution < -0.4 is 0 Å². The largest absolute Gasteiger partial charge is 0.478 e. The molecular formula is C8H8BrNO2. The van der Waals surface area contributed by atoms with Gasteiger partial charge in [-0.3, -0.25) is 4.99 Å². The first kappa shape index (κ1) is 10.8. The van der Waals surface area contributed by atoms with Crippen LogP contribution in [0.5, 0.6) is 0 Å². The monoisotopic (exact) mass is 229 g/mol. The molecule has 64 valence electrons. The smallest absolute Gasteiger partial charge is 0.329 e. The van der Waals surface area contributed by atoms with Crippen LogP contribution in [-0.4, -0.2) is 17.3 Å². The topological polar surface area (TPSA) is 49.7 Å². The molecule has 0 aromatic rings. The summed E-state index contributed by atoms with van der Waals surface area (Å²) >= 11 is 3.04. The van der Waals surface area contributed by atoms with Crippen molar-refractivity contribution in [1.82, 2.24) is 0 Å². The first-order valence-electron chi connectivity index (χ1n) is 3.07. The van der Waals surface area contributed by atoms with Crippen LogP contribution in [0.1, 0.15) is 0 Å². The van der Waals surface area contributed by atoms with Crippen LogP contribution in [0.15, 0.2) is 40.5 Å². The van der Waals surface area contributed by atoms with Crippen LogP contribution >= 0.6 is 15.9 Å². The summed E-state index contributed by atoms with van der Waals surface area (Å²) in [7, 11) is 0. The summed E-state index contributed by atoms with van der Waals surface area (Å²) in [5.74, 6) is -0.993. The van der Waals surface area contributed by atoms with Gasteiger partial charge < -0.3 is 5.11 Å². The van der Waals surface area contributed by atoms with E-state index in [0.717, 1.165) is 6.08 Å². The lowest BCUT2D eigenvalue weighted by atomic mass is 10.4. The van der Waals surface area contributed by atoms with Gasteiger partial charge in [0.05, 0.1) is 0 Å². The van der Waals surface area contributed by atoms with Crippen LogP contribution in [0.25, 0.3) is 0 Å². The molecule has 0 unspecified atom stereocenters. The van der Waals surface area contributed by atoms with Crippen molar-refractivity contribution in [1.29, 1.82) is 0 Å². The minimum Gasteiger partial charge on any atom is -0.478 e. The number of hydrogen-bond donors (Lipinski definition) is 1. The van der Waals surface area contributed by atoms with Crippen molar-refractivity contribution in [2.75, 3.05) is 0 Å². The highest BCUT2D eigenvalue weighted by Gasteiger charge is 1.89.